The Kier molecular flexibility index (Phi) is 7.86. The monoisotopic (exact) mass is 485 g/mol. The zero-order valence-corrected chi connectivity index (χ0v) is 19.4. The highest BCUT2D eigenvalue weighted by atomic mass is 32.2. The van der Waals surface area contributed by atoms with E-state index in [2.05, 4.69) is 20.5 Å². The molecule has 2 atom stereocenters. The topological polar surface area (TPSA) is 124 Å². The third-order valence-corrected chi connectivity index (χ3v) is 6.80. The lowest BCUT2D eigenvalue weighted by molar-refractivity contribution is -0.141. The first kappa shape index (κ1) is 23.8. The number of hydrogen-bond donors (Lipinski definition) is 3. The number of carboxylic acid groups (broad SMARTS) is 1. The molecule has 0 aliphatic carbocycles. The lowest BCUT2D eigenvalue weighted by Crippen LogP contribution is -2.49. The van der Waals surface area contributed by atoms with Gasteiger partial charge in [0.1, 0.15) is 23.0 Å². The Balaban J connectivity index is 1.27. The van der Waals surface area contributed by atoms with Gasteiger partial charge < -0.3 is 25.0 Å². The molecular weight excluding hydrogens is 458 g/mol. The average Bonchev–Trinajstić information content (AvgIpc) is 3.41. The first-order valence-corrected chi connectivity index (χ1v) is 12.1. The molecule has 0 unspecified atom stereocenters. The second kappa shape index (κ2) is 11.2. The number of carbonyl (C=O) groups excluding carboxylic acids is 2. The van der Waals surface area contributed by atoms with E-state index in [1.807, 2.05) is 18.2 Å². The molecule has 34 heavy (non-hydrogen) atoms. The summed E-state index contributed by atoms with van der Waals surface area (Å²) in [6.07, 6.45) is 1.45. The van der Waals surface area contributed by atoms with E-state index >= 15 is 0 Å². The summed E-state index contributed by atoms with van der Waals surface area (Å²) < 4.78 is 5.49. The Morgan fingerprint density at radius 2 is 1.91 bits per heavy atom. The van der Waals surface area contributed by atoms with Crippen LogP contribution in [0.2, 0.25) is 0 Å². The standard InChI is InChI=1S/C23H27N5O5S/c29-20(21-25-9-14-34-21)26-18(22(30)31)15-16-4-6-17(7-5-16)33-23(32)28-12-10-27(11-13-28)19-3-1-2-8-24-19/h1-8,18,21,25H,9-15H2,(H,26,29)(H,30,31)/t18-,21-/m0/s1. The molecule has 4 rings (SSSR count). The fourth-order valence-corrected chi connectivity index (χ4v) is 4.72. The minimum Gasteiger partial charge on any atom is -0.480 e. The van der Waals surface area contributed by atoms with Crippen molar-refractivity contribution in [3.8, 4) is 5.75 Å². The van der Waals surface area contributed by atoms with Gasteiger partial charge in [0.25, 0.3) is 0 Å². The van der Waals surface area contributed by atoms with Gasteiger partial charge in [0, 0.05) is 51.1 Å². The number of rotatable bonds is 7. The van der Waals surface area contributed by atoms with Crippen LogP contribution in [0.5, 0.6) is 5.75 Å². The van der Waals surface area contributed by atoms with Crippen molar-refractivity contribution in [1.29, 1.82) is 0 Å². The van der Waals surface area contributed by atoms with Gasteiger partial charge in [0.15, 0.2) is 0 Å². The molecule has 2 aliphatic rings. The van der Waals surface area contributed by atoms with Crippen molar-refractivity contribution in [3.05, 3.63) is 54.2 Å². The number of benzene rings is 1. The summed E-state index contributed by atoms with van der Waals surface area (Å²) in [5.74, 6) is 0.652. The number of hydrogen-bond acceptors (Lipinski definition) is 8. The van der Waals surface area contributed by atoms with E-state index in [1.165, 1.54) is 11.8 Å². The number of anilines is 1. The predicted octanol–water partition coefficient (Wildman–Crippen LogP) is 1.18. The maximum Gasteiger partial charge on any atom is 0.415 e. The number of carboxylic acids is 1. The van der Waals surface area contributed by atoms with E-state index in [1.54, 1.807) is 35.4 Å². The number of pyridine rings is 1. The molecule has 0 radical (unpaired) electrons. The average molecular weight is 486 g/mol. The normalized spacial score (nSPS) is 18.9. The number of carbonyl (C=O) groups is 3. The summed E-state index contributed by atoms with van der Waals surface area (Å²) in [7, 11) is 0. The molecule has 1 aromatic heterocycles. The molecule has 10 nitrogen and oxygen atoms in total. The van der Waals surface area contributed by atoms with E-state index in [-0.39, 0.29) is 12.3 Å². The van der Waals surface area contributed by atoms with Gasteiger partial charge in [-0.05, 0) is 29.8 Å². The van der Waals surface area contributed by atoms with Crippen LogP contribution >= 0.6 is 11.8 Å². The minimum absolute atomic E-state index is 0.127. The quantitative estimate of drug-likeness (QED) is 0.530. The van der Waals surface area contributed by atoms with Crippen LogP contribution in [0.25, 0.3) is 0 Å². The lowest BCUT2D eigenvalue weighted by atomic mass is 10.1. The number of nitrogens with one attached hydrogen (secondary N) is 2. The maximum atomic E-state index is 12.5. The number of aliphatic carboxylic acids is 1. The molecule has 2 fully saturated rings. The smallest absolute Gasteiger partial charge is 0.415 e. The number of nitrogens with zero attached hydrogens (tertiary/aromatic N) is 3. The van der Waals surface area contributed by atoms with Gasteiger partial charge in [-0.25, -0.2) is 14.6 Å². The number of piperazine rings is 1. The molecule has 2 aromatic rings. The number of thioether (sulfide) groups is 1. The second-order valence-corrected chi connectivity index (χ2v) is 9.20. The summed E-state index contributed by atoms with van der Waals surface area (Å²) in [5.41, 5.74) is 0.712. The van der Waals surface area contributed by atoms with Gasteiger partial charge in [-0.15, -0.1) is 11.8 Å². The predicted molar refractivity (Wildman–Crippen MR) is 128 cm³/mol. The number of ether oxygens (including phenoxy) is 1. The van der Waals surface area contributed by atoms with Crippen LogP contribution in [0, 0.1) is 0 Å². The fourth-order valence-electron chi connectivity index (χ4n) is 3.80. The number of amides is 2. The van der Waals surface area contributed by atoms with Gasteiger partial charge in [-0.2, -0.15) is 0 Å². The van der Waals surface area contributed by atoms with Crippen molar-refractivity contribution in [2.24, 2.45) is 0 Å². The molecule has 2 aliphatic heterocycles. The van der Waals surface area contributed by atoms with Gasteiger partial charge in [0.05, 0.1) is 0 Å². The van der Waals surface area contributed by atoms with Crippen LogP contribution in [-0.2, 0) is 16.0 Å². The van der Waals surface area contributed by atoms with Crippen molar-refractivity contribution in [2.45, 2.75) is 17.8 Å². The van der Waals surface area contributed by atoms with Crippen LogP contribution in [0.4, 0.5) is 10.6 Å². The number of aromatic nitrogens is 1. The van der Waals surface area contributed by atoms with E-state index in [0.717, 1.165) is 18.1 Å². The Bertz CT molecular complexity index is 993. The maximum absolute atomic E-state index is 12.5. The Morgan fingerprint density at radius 1 is 1.15 bits per heavy atom. The molecular formula is C23H27N5O5S. The second-order valence-electron chi connectivity index (χ2n) is 7.98. The van der Waals surface area contributed by atoms with Gasteiger partial charge in [0.2, 0.25) is 5.91 Å². The summed E-state index contributed by atoms with van der Waals surface area (Å²) in [5, 5.41) is 14.7. The highest BCUT2D eigenvalue weighted by Gasteiger charge is 2.28. The third kappa shape index (κ3) is 6.17. The summed E-state index contributed by atoms with van der Waals surface area (Å²) in [4.78, 5) is 44.5. The Morgan fingerprint density at radius 3 is 2.53 bits per heavy atom. The first-order valence-electron chi connectivity index (χ1n) is 11.1. The lowest BCUT2D eigenvalue weighted by Gasteiger charge is -2.34. The largest absolute Gasteiger partial charge is 0.480 e. The van der Waals surface area contributed by atoms with E-state index in [9.17, 15) is 19.5 Å². The van der Waals surface area contributed by atoms with Crippen LogP contribution in [0.3, 0.4) is 0 Å². The van der Waals surface area contributed by atoms with Crippen LogP contribution in [-0.4, -0.2) is 82.9 Å². The van der Waals surface area contributed by atoms with Crippen molar-refractivity contribution < 1.29 is 24.2 Å². The van der Waals surface area contributed by atoms with Crippen molar-refractivity contribution in [3.63, 3.8) is 0 Å². The van der Waals surface area contributed by atoms with E-state index in [4.69, 9.17) is 4.74 Å². The van der Waals surface area contributed by atoms with E-state index < -0.39 is 23.5 Å². The van der Waals surface area contributed by atoms with Crippen molar-refractivity contribution in [2.75, 3.05) is 43.4 Å². The molecule has 2 saturated heterocycles. The van der Waals surface area contributed by atoms with E-state index in [0.29, 0.717) is 37.5 Å². The zero-order valence-electron chi connectivity index (χ0n) is 18.6. The third-order valence-electron chi connectivity index (χ3n) is 5.65. The molecule has 180 valence electrons. The van der Waals surface area contributed by atoms with Crippen molar-refractivity contribution >= 4 is 35.5 Å². The zero-order chi connectivity index (χ0) is 23.9. The minimum atomic E-state index is -1.10. The highest BCUT2D eigenvalue weighted by Crippen LogP contribution is 2.18. The SMILES string of the molecule is O=C(O)[C@H](Cc1ccc(OC(=O)N2CCN(c3ccccn3)CC2)cc1)NC(=O)[C@H]1NCCS1. The molecule has 3 N–H and O–H groups in total. The summed E-state index contributed by atoms with van der Waals surface area (Å²) in [6, 6.07) is 11.4. The first-order chi connectivity index (χ1) is 16.5. The Hall–Kier alpha value is -3.31. The van der Waals surface area contributed by atoms with Gasteiger partial charge in [-0.3, -0.25) is 10.1 Å². The molecule has 0 saturated carbocycles. The molecule has 0 bridgehead atoms. The summed E-state index contributed by atoms with van der Waals surface area (Å²) in [6.45, 7) is 3.12. The summed E-state index contributed by atoms with van der Waals surface area (Å²) >= 11 is 1.45. The fraction of sp³-hybridized carbons (Fsp3) is 0.391. The van der Waals surface area contributed by atoms with Crippen LogP contribution in [0.1, 0.15) is 5.56 Å². The molecule has 2 amide bonds. The highest BCUT2D eigenvalue weighted by molar-refractivity contribution is 8.00. The van der Waals surface area contributed by atoms with Gasteiger partial charge in [-0.1, -0.05) is 18.2 Å². The molecule has 0 spiro atoms. The van der Waals surface area contributed by atoms with Crippen molar-refractivity contribution in [1.82, 2.24) is 20.5 Å². The molecule has 11 heteroatoms. The Labute approximate surface area is 201 Å². The van der Waals surface area contributed by atoms with Gasteiger partial charge >= 0.3 is 12.1 Å². The van der Waals surface area contributed by atoms with Crippen LogP contribution in [0.15, 0.2) is 48.7 Å². The van der Waals surface area contributed by atoms with Crippen LogP contribution < -0.4 is 20.3 Å². The molecule has 1 aromatic carbocycles. The molecule has 3 heterocycles.